The standard InChI is InChI=1S/C27H39N7O2S.C26H37N7O2S.C26H36N6O2S.C25H34N6O3S/c1-18(2)25-24-26(29-20-3-5-21(6-4-20)33-9-13-36-14-10-33)30-23(31-27(24)37-32-25)15-19-16-28-34(17-19)22-7-11-35-12-8-22;1-17(2)24-23-25(28-20-3-5-21(6-4-20)32-7-9-34-10-8-32)29-22(30-26(23)36-31-24)11-18-12-27-33(13-18)14-19-15-35-16-19;1-18-17-35-26-24(18)25(28-20-2-4-21(5-3-20)31-8-12-34-13-9-31)29-23(30-26)14-19-15-27-32(16-19)22-6-10-33-11-7-22;1-17-23-24(34-21-4-2-19(3-5-21)30-8-12-33-13-9-30)27-22(28-25(23)35-29-17)14-18-15-26-31(16-18)20-6-10-32-11-7-20/h16-18,20-22H,3-15H2,1-2H3,(H,29,30,31);12-13,17,19-21H,3-11,14-16H2,1-2H3,(H,28,29,30);15-17,20-22H,2-14H2,1H3,(H,28,29,30);15-16,19-21H,2-14H2,1H3. The molecule has 12 aromatic rings. The van der Waals surface area contributed by atoms with Gasteiger partial charge in [-0.15, -0.1) is 11.3 Å². The van der Waals surface area contributed by atoms with Crippen LogP contribution in [0.15, 0.2) is 55.0 Å². The maximum absolute atomic E-state index is 6.56. The fourth-order valence-electron chi connectivity index (χ4n) is 23.1. The highest BCUT2D eigenvalue weighted by molar-refractivity contribution is 7.17. The van der Waals surface area contributed by atoms with Crippen molar-refractivity contribution in [3.63, 3.8) is 0 Å². The van der Waals surface area contributed by atoms with Crippen LogP contribution in [0, 0.1) is 19.8 Å². The highest BCUT2D eigenvalue weighted by Gasteiger charge is 2.36. The summed E-state index contributed by atoms with van der Waals surface area (Å²) in [4.78, 5) is 54.2. The van der Waals surface area contributed by atoms with Gasteiger partial charge in [-0.25, -0.2) is 34.9 Å². The van der Waals surface area contributed by atoms with Gasteiger partial charge in [0.15, 0.2) is 4.83 Å². The van der Waals surface area contributed by atoms with Crippen molar-refractivity contribution in [1.82, 2.24) is 112 Å². The smallest absolute Gasteiger partial charge is 0.227 e. The molecule has 12 aliphatic rings. The molecule has 0 radical (unpaired) electrons. The Balaban J connectivity index is 0.000000113. The summed E-state index contributed by atoms with van der Waals surface area (Å²) in [6.45, 7) is 35.9. The van der Waals surface area contributed by atoms with Gasteiger partial charge in [0.1, 0.15) is 61.3 Å². The molecule has 39 heteroatoms. The summed E-state index contributed by atoms with van der Waals surface area (Å²) in [5.74, 6) is 8.17. The topological polar surface area (TPSA) is 345 Å². The van der Waals surface area contributed by atoms with Crippen molar-refractivity contribution in [2.45, 2.75) is 293 Å². The number of fused-ring (bicyclic) bond motifs is 4. The highest BCUT2D eigenvalue weighted by atomic mass is 32.1. The molecule has 770 valence electrons. The van der Waals surface area contributed by atoms with E-state index >= 15 is 0 Å². The molecular formula is C104H146N26O9S4. The molecule has 0 bridgehead atoms. The second-order valence-corrected chi connectivity index (χ2v) is 45.2. The minimum Gasteiger partial charge on any atom is -0.474 e. The van der Waals surface area contributed by atoms with Crippen LogP contribution >= 0.6 is 45.9 Å². The number of thiophene rings is 1. The van der Waals surface area contributed by atoms with Crippen LogP contribution in [0.25, 0.3) is 40.9 Å². The van der Waals surface area contributed by atoms with E-state index in [1.165, 1.54) is 102 Å². The van der Waals surface area contributed by atoms with Crippen LogP contribution < -0.4 is 20.7 Å². The van der Waals surface area contributed by atoms with Gasteiger partial charge in [-0.05, 0) is 235 Å². The second kappa shape index (κ2) is 48.2. The summed E-state index contributed by atoms with van der Waals surface area (Å²) >= 11 is 6.13. The first-order valence-electron chi connectivity index (χ1n) is 53.6. The molecule has 35 nitrogen and oxygen atoms in total. The number of aromatic nitrogens is 19. The van der Waals surface area contributed by atoms with Crippen molar-refractivity contribution >= 4 is 104 Å². The minimum absolute atomic E-state index is 0.189. The van der Waals surface area contributed by atoms with Crippen LogP contribution in [0.5, 0.6) is 5.88 Å². The van der Waals surface area contributed by atoms with Gasteiger partial charge in [-0.1, -0.05) is 27.7 Å². The molecule has 4 aliphatic carbocycles. The van der Waals surface area contributed by atoms with Crippen molar-refractivity contribution < 1.29 is 42.6 Å². The van der Waals surface area contributed by atoms with Gasteiger partial charge in [0, 0.05) is 197 Å². The van der Waals surface area contributed by atoms with Gasteiger partial charge in [0.25, 0.3) is 0 Å². The van der Waals surface area contributed by atoms with E-state index in [2.05, 4.69) is 139 Å². The number of nitrogens with one attached hydrogen (secondary N) is 3. The van der Waals surface area contributed by atoms with Crippen LogP contribution in [0.2, 0.25) is 0 Å². The van der Waals surface area contributed by atoms with Crippen LogP contribution in [-0.4, -0.2) is 318 Å². The Morgan fingerprint density at radius 3 is 1.06 bits per heavy atom. The van der Waals surface area contributed by atoms with E-state index in [1.807, 2.05) is 36.4 Å². The van der Waals surface area contributed by atoms with E-state index in [-0.39, 0.29) is 6.10 Å². The molecule has 0 amide bonds. The monoisotopic (exact) mass is 2030 g/mol. The number of aryl methyl sites for hydroxylation is 2. The van der Waals surface area contributed by atoms with Crippen molar-refractivity contribution in [2.75, 3.05) is 174 Å². The Morgan fingerprint density at radius 2 is 0.678 bits per heavy atom. The molecule has 0 atom stereocenters. The lowest BCUT2D eigenvalue weighted by Gasteiger charge is -2.39. The number of nitrogens with zero attached hydrogens (tertiary/aromatic N) is 23. The lowest BCUT2D eigenvalue weighted by Crippen LogP contribution is -2.46. The third-order valence-corrected chi connectivity index (χ3v) is 34.7. The maximum atomic E-state index is 6.56. The highest BCUT2D eigenvalue weighted by Crippen LogP contribution is 2.42. The van der Waals surface area contributed by atoms with E-state index in [9.17, 15) is 0 Å². The third-order valence-electron chi connectivity index (χ3n) is 31.3. The van der Waals surface area contributed by atoms with Gasteiger partial charge >= 0.3 is 0 Å². The Hall–Kier alpha value is -8.49. The van der Waals surface area contributed by atoms with Gasteiger partial charge in [-0.2, -0.15) is 38.5 Å². The molecular weight excluding hydrogens is 1890 g/mol. The number of hydrogen-bond donors (Lipinski definition) is 3. The Labute approximate surface area is 855 Å². The number of rotatable bonds is 27. The largest absolute Gasteiger partial charge is 0.474 e. The normalized spacial score (nSPS) is 24.4. The minimum atomic E-state index is 0.189. The van der Waals surface area contributed by atoms with Crippen molar-refractivity contribution in [2.24, 2.45) is 5.92 Å². The number of morpholine rings is 4. The molecule has 0 unspecified atom stereocenters. The molecule has 4 saturated carbocycles. The Bertz CT molecular complexity index is 5860. The molecule has 3 N–H and O–H groups in total. The van der Waals surface area contributed by atoms with Crippen molar-refractivity contribution in [3.05, 3.63) is 123 Å². The lowest BCUT2D eigenvalue weighted by atomic mass is 9.90. The zero-order valence-corrected chi connectivity index (χ0v) is 87.7. The molecule has 12 aromatic heterocycles. The van der Waals surface area contributed by atoms with Gasteiger partial charge in [-0.3, -0.25) is 38.3 Å². The average molecular weight is 2030 g/mol. The maximum Gasteiger partial charge on any atom is 0.227 e. The first-order chi connectivity index (χ1) is 70.2. The summed E-state index contributed by atoms with van der Waals surface area (Å²) in [5, 5.41) is 36.6. The first kappa shape index (κ1) is 100. The summed E-state index contributed by atoms with van der Waals surface area (Å²) in [6.07, 6.45) is 44.2. The molecule has 8 aliphatic heterocycles. The van der Waals surface area contributed by atoms with E-state index in [4.69, 9.17) is 91.3 Å². The molecule has 20 heterocycles. The molecule has 143 heavy (non-hydrogen) atoms. The van der Waals surface area contributed by atoms with E-state index < -0.39 is 0 Å². The Morgan fingerprint density at radius 1 is 0.343 bits per heavy atom. The van der Waals surface area contributed by atoms with Gasteiger partial charge in [0.05, 0.1) is 148 Å². The van der Waals surface area contributed by atoms with Crippen LogP contribution in [-0.2, 0) is 70.1 Å². The lowest BCUT2D eigenvalue weighted by molar-refractivity contribution is -0.0408. The number of anilines is 3. The van der Waals surface area contributed by atoms with Crippen LogP contribution in [0.3, 0.4) is 0 Å². The van der Waals surface area contributed by atoms with E-state index in [0.29, 0.717) is 110 Å². The molecule has 8 saturated heterocycles. The quantitative estimate of drug-likeness (QED) is 0.0430. The van der Waals surface area contributed by atoms with Gasteiger partial charge in [0.2, 0.25) is 5.88 Å². The molecule has 12 fully saturated rings. The number of hydrogen-bond acceptors (Lipinski definition) is 35. The fraction of sp³-hybridized carbons (Fsp3) is 0.683. The summed E-state index contributed by atoms with van der Waals surface area (Å²) < 4.78 is 73.0. The summed E-state index contributed by atoms with van der Waals surface area (Å²) in [6, 6.07) is 5.32. The van der Waals surface area contributed by atoms with Crippen LogP contribution in [0.1, 0.15) is 267 Å². The molecule has 24 rings (SSSR count). The fourth-order valence-corrected chi connectivity index (χ4v) is 26.7. The summed E-state index contributed by atoms with van der Waals surface area (Å²) in [5.41, 5.74) is 8.98. The predicted octanol–water partition coefficient (Wildman–Crippen LogP) is 15.9. The molecule has 0 spiro atoms. The van der Waals surface area contributed by atoms with E-state index in [1.54, 1.807) is 11.3 Å². The van der Waals surface area contributed by atoms with Gasteiger partial charge < -0.3 is 58.6 Å². The average Bonchev–Trinajstić information content (AvgIpc) is 1.66. The van der Waals surface area contributed by atoms with Crippen LogP contribution in [0.4, 0.5) is 17.5 Å². The summed E-state index contributed by atoms with van der Waals surface area (Å²) in [7, 11) is 0. The van der Waals surface area contributed by atoms with Crippen molar-refractivity contribution in [1.29, 1.82) is 0 Å². The SMILES string of the molecule is CC(C)c1nsc2nc(Cc3cnn(C4CCOCC4)c3)nc(NC3CCC(N4CCOCC4)CC3)c12.CC(C)c1nsc2nc(Cc3cnn(CC4COC4)c3)nc(NC3CCC(N4CCOCC4)CC3)c12.Cc1csc2nc(Cc3cnn(C4CCOCC4)c3)nc(NC3CCC(N4CCOCC4)CC3)c12.Cc1nsc2nc(Cc3cnn(C4CCOCC4)c3)nc(OC3CCC(N4CCOCC4)CC3)c12. The molecule has 0 aromatic carbocycles. The predicted molar refractivity (Wildman–Crippen MR) is 558 cm³/mol. The number of ether oxygens (including phenoxy) is 9. The van der Waals surface area contributed by atoms with E-state index in [0.717, 1.165) is 365 Å². The zero-order chi connectivity index (χ0) is 96.9. The first-order valence-corrected chi connectivity index (χ1v) is 56.8. The Kier molecular flexibility index (Phi) is 33.9. The zero-order valence-electron chi connectivity index (χ0n) is 84.4. The van der Waals surface area contributed by atoms with Crippen molar-refractivity contribution in [3.8, 4) is 5.88 Å². The second-order valence-electron chi connectivity index (χ2n) is 42.1. The third kappa shape index (κ3) is 25.4.